The minimum Gasteiger partial charge on any atom is -0.423 e. The lowest BCUT2D eigenvalue weighted by Crippen LogP contribution is -2.29. The van der Waals surface area contributed by atoms with Crippen molar-refractivity contribution in [2.24, 2.45) is 0 Å². The van der Waals surface area contributed by atoms with E-state index in [4.69, 9.17) is 4.43 Å². The fourth-order valence-corrected chi connectivity index (χ4v) is 2.15. The van der Waals surface area contributed by atoms with E-state index in [1.807, 2.05) is 13.8 Å². The molecule has 1 aromatic carbocycles. The average Bonchev–Trinajstić information content (AvgIpc) is 2.58. The van der Waals surface area contributed by atoms with Crippen LogP contribution < -0.4 is 10.1 Å². The third-order valence-electron chi connectivity index (χ3n) is 3.64. The van der Waals surface area contributed by atoms with E-state index in [0.29, 0.717) is 16.9 Å². The van der Waals surface area contributed by atoms with Gasteiger partial charge in [0.05, 0.1) is 0 Å². The van der Waals surface area contributed by atoms with Gasteiger partial charge in [-0.2, -0.15) is 8.78 Å². The van der Waals surface area contributed by atoms with Gasteiger partial charge in [-0.3, -0.25) is 0 Å². The number of ether oxygens (including phenoxy) is 1. The first-order valence-electron chi connectivity index (χ1n) is 7.63. The second-order valence-corrected chi connectivity index (χ2v) is 6.40. The topological polar surface area (TPSA) is 47.6 Å². The van der Waals surface area contributed by atoms with Gasteiger partial charge < -0.3 is 14.5 Å². The van der Waals surface area contributed by atoms with Gasteiger partial charge in [-0.25, -0.2) is 18.0 Å². The Bertz CT molecular complexity index is 599. The standard InChI is InChI=1S/C15H20F5NO3Si/c1-15(2,24-25)6-4-3-5-7-21-14(22)23-13-11(19)9(17)8(16)10(18)12(13)20/h3-7H2,1-2,25H3,(H,21,22). The molecule has 0 aliphatic rings. The van der Waals surface area contributed by atoms with Gasteiger partial charge in [0.2, 0.25) is 34.8 Å². The molecule has 1 rings (SSSR count). The highest BCUT2D eigenvalue weighted by Crippen LogP contribution is 2.29. The summed E-state index contributed by atoms with van der Waals surface area (Å²) in [5, 5.41) is 2.19. The zero-order valence-corrected chi connectivity index (χ0v) is 16.2. The van der Waals surface area contributed by atoms with Crippen LogP contribution in [-0.2, 0) is 4.43 Å². The first-order valence-corrected chi connectivity index (χ1v) is 8.44. The van der Waals surface area contributed by atoms with Crippen molar-refractivity contribution >= 4 is 16.6 Å². The molecule has 0 radical (unpaired) electrons. The Hall–Kier alpha value is -1.68. The number of carbonyl (C=O) groups is 1. The van der Waals surface area contributed by atoms with E-state index in [9.17, 15) is 26.7 Å². The van der Waals surface area contributed by atoms with Crippen LogP contribution in [0.3, 0.4) is 0 Å². The fourth-order valence-electron chi connectivity index (χ4n) is 1.95. The number of hydrogen-bond donors (Lipinski definition) is 1. The molecule has 0 unspecified atom stereocenters. The minimum absolute atomic E-state index is 0.135. The van der Waals surface area contributed by atoms with Gasteiger partial charge >= 0.3 is 6.09 Å². The van der Waals surface area contributed by atoms with Crippen LogP contribution in [0.25, 0.3) is 0 Å². The predicted molar refractivity (Wildman–Crippen MR) is 83.8 cm³/mol. The molecule has 0 fully saturated rings. The largest absolute Gasteiger partial charge is 0.423 e. The maximum absolute atomic E-state index is 13.4. The highest BCUT2D eigenvalue weighted by Gasteiger charge is 2.28. The number of benzene rings is 1. The number of nitrogens with one attached hydrogen (secondary N) is 1. The summed E-state index contributed by atoms with van der Waals surface area (Å²) in [6.45, 7) is 4.08. The van der Waals surface area contributed by atoms with E-state index in [-0.39, 0.29) is 12.1 Å². The summed E-state index contributed by atoms with van der Waals surface area (Å²) in [7, 11) is 0.637. The van der Waals surface area contributed by atoms with Crippen LogP contribution in [0.2, 0.25) is 0 Å². The third kappa shape index (κ3) is 5.96. The number of hydrogen-bond acceptors (Lipinski definition) is 3. The van der Waals surface area contributed by atoms with E-state index in [0.717, 1.165) is 19.3 Å². The Morgan fingerprint density at radius 2 is 1.48 bits per heavy atom. The van der Waals surface area contributed by atoms with Crippen LogP contribution in [0.1, 0.15) is 39.5 Å². The highest BCUT2D eigenvalue weighted by atomic mass is 28.2. The Labute approximate surface area is 145 Å². The zero-order valence-electron chi connectivity index (χ0n) is 14.2. The Morgan fingerprint density at radius 3 is 2.00 bits per heavy atom. The van der Waals surface area contributed by atoms with Gasteiger partial charge in [-0.05, 0) is 26.7 Å². The zero-order chi connectivity index (χ0) is 19.2. The molecular weight excluding hydrogens is 365 g/mol. The van der Waals surface area contributed by atoms with E-state index in [2.05, 4.69) is 10.1 Å². The van der Waals surface area contributed by atoms with Crippen LogP contribution in [0.5, 0.6) is 5.75 Å². The van der Waals surface area contributed by atoms with Gasteiger partial charge in [-0.15, -0.1) is 0 Å². The molecule has 0 aromatic heterocycles. The molecule has 10 heteroatoms. The second-order valence-electron chi connectivity index (χ2n) is 5.99. The lowest BCUT2D eigenvalue weighted by atomic mass is 10.0. The van der Waals surface area contributed by atoms with Gasteiger partial charge in [0, 0.05) is 12.1 Å². The van der Waals surface area contributed by atoms with Gasteiger partial charge in [0.1, 0.15) is 10.5 Å². The molecule has 0 aliphatic heterocycles. The summed E-state index contributed by atoms with van der Waals surface area (Å²) in [5.74, 6) is -12.7. The predicted octanol–water partition coefficient (Wildman–Crippen LogP) is 3.11. The number of amides is 1. The molecule has 0 heterocycles. The maximum atomic E-state index is 13.4. The number of halogens is 5. The quantitative estimate of drug-likeness (QED) is 0.246. The molecule has 142 valence electrons. The summed E-state index contributed by atoms with van der Waals surface area (Å²) in [5.41, 5.74) is -0.190. The van der Waals surface area contributed by atoms with Crippen LogP contribution in [0, 0.1) is 29.1 Å². The molecule has 0 saturated heterocycles. The Kier molecular flexibility index (Phi) is 7.81. The monoisotopic (exact) mass is 385 g/mol. The molecule has 0 saturated carbocycles. The smallest absolute Gasteiger partial charge is 0.412 e. The lowest BCUT2D eigenvalue weighted by molar-refractivity contribution is 0.109. The summed E-state index contributed by atoms with van der Waals surface area (Å²) in [6, 6.07) is 0. The fraction of sp³-hybridized carbons (Fsp3) is 0.533. The molecule has 1 aromatic rings. The Morgan fingerprint density at radius 1 is 0.960 bits per heavy atom. The SMILES string of the molecule is CC(C)(CCCCCNC(=O)Oc1c(F)c(F)c(F)c(F)c1F)O[SiH3]. The van der Waals surface area contributed by atoms with Crippen LogP contribution in [-0.4, -0.2) is 28.7 Å². The molecule has 0 atom stereocenters. The van der Waals surface area contributed by atoms with Crippen molar-refractivity contribution in [3.63, 3.8) is 0 Å². The number of rotatable bonds is 8. The molecule has 1 N–H and O–H groups in total. The van der Waals surface area contributed by atoms with Crippen LogP contribution in [0.4, 0.5) is 26.7 Å². The third-order valence-corrected chi connectivity index (χ3v) is 4.75. The molecule has 25 heavy (non-hydrogen) atoms. The van der Waals surface area contributed by atoms with Gasteiger partial charge in [-0.1, -0.05) is 12.8 Å². The van der Waals surface area contributed by atoms with Crippen molar-refractivity contribution in [1.82, 2.24) is 5.32 Å². The van der Waals surface area contributed by atoms with Crippen LogP contribution >= 0.6 is 0 Å². The summed E-state index contributed by atoms with van der Waals surface area (Å²) in [4.78, 5) is 11.4. The minimum atomic E-state index is -2.32. The van der Waals surface area contributed by atoms with Gasteiger partial charge in [0.25, 0.3) is 0 Å². The lowest BCUT2D eigenvalue weighted by Gasteiger charge is -2.23. The van der Waals surface area contributed by atoms with Crippen molar-refractivity contribution in [3.8, 4) is 5.75 Å². The maximum Gasteiger partial charge on any atom is 0.412 e. The van der Waals surface area contributed by atoms with Crippen molar-refractivity contribution in [1.29, 1.82) is 0 Å². The normalized spacial score (nSPS) is 11.6. The number of carbonyl (C=O) groups excluding carboxylic acids is 1. The average molecular weight is 385 g/mol. The molecule has 1 amide bonds. The van der Waals surface area contributed by atoms with Crippen molar-refractivity contribution in [2.45, 2.75) is 45.1 Å². The van der Waals surface area contributed by atoms with E-state index in [1.165, 1.54) is 0 Å². The van der Waals surface area contributed by atoms with E-state index in [1.54, 1.807) is 0 Å². The first-order chi connectivity index (χ1) is 11.6. The molecule has 4 nitrogen and oxygen atoms in total. The number of unbranched alkanes of at least 4 members (excludes halogenated alkanes) is 2. The summed E-state index contributed by atoms with van der Waals surface area (Å²) < 4.78 is 75.2. The van der Waals surface area contributed by atoms with Crippen molar-refractivity contribution < 1.29 is 35.9 Å². The van der Waals surface area contributed by atoms with E-state index >= 15 is 0 Å². The second kappa shape index (κ2) is 9.14. The molecular formula is C15H20F5NO3Si. The Balaban J connectivity index is 2.46. The van der Waals surface area contributed by atoms with Crippen molar-refractivity contribution in [3.05, 3.63) is 29.1 Å². The molecule has 0 aliphatic carbocycles. The highest BCUT2D eigenvalue weighted by molar-refractivity contribution is 5.98. The molecule has 0 bridgehead atoms. The van der Waals surface area contributed by atoms with E-state index < -0.39 is 40.9 Å². The van der Waals surface area contributed by atoms with Gasteiger partial charge in [0.15, 0.2) is 0 Å². The summed E-state index contributed by atoms with van der Waals surface area (Å²) in [6.07, 6.45) is 1.71. The first kappa shape index (κ1) is 21.4. The molecule has 0 spiro atoms. The van der Waals surface area contributed by atoms with Crippen LogP contribution in [0.15, 0.2) is 0 Å². The summed E-state index contributed by atoms with van der Waals surface area (Å²) >= 11 is 0. The van der Waals surface area contributed by atoms with Crippen molar-refractivity contribution in [2.75, 3.05) is 6.54 Å².